The zero-order valence-electron chi connectivity index (χ0n) is 13.9. The van der Waals surface area contributed by atoms with Gasteiger partial charge in [0.2, 0.25) is 0 Å². The Morgan fingerprint density at radius 2 is 1.95 bits per heavy atom. The molecule has 0 aliphatic carbocycles. The van der Waals surface area contributed by atoms with Crippen LogP contribution < -0.4 is 5.43 Å². The molecule has 0 spiro atoms. The van der Waals surface area contributed by atoms with Crippen LogP contribution in [0, 0.1) is 13.8 Å². The molecule has 0 radical (unpaired) electrons. The van der Waals surface area contributed by atoms with E-state index in [0.29, 0.717) is 11.6 Å². The van der Waals surface area contributed by atoms with Gasteiger partial charge in [-0.2, -0.15) is 0 Å². The molecule has 4 heteroatoms. The molecule has 0 atom stereocenters. The van der Waals surface area contributed by atoms with Crippen LogP contribution in [0.2, 0.25) is 5.02 Å². The lowest BCUT2D eigenvalue weighted by Gasteiger charge is -2.21. The van der Waals surface area contributed by atoms with Gasteiger partial charge >= 0.3 is 0 Å². The van der Waals surface area contributed by atoms with Gasteiger partial charge in [-0.1, -0.05) is 31.9 Å². The molecule has 1 aromatic carbocycles. The third-order valence-electron chi connectivity index (χ3n) is 4.34. The van der Waals surface area contributed by atoms with Gasteiger partial charge < -0.3 is 4.98 Å². The van der Waals surface area contributed by atoms with E-state index in [9.17, 15) is 4.79 Å². The summed E-state index contributed by atoms with van der Waals surface area (Å²) in [4.78, 5) is 18.6. The fraction of sp³-hybridized carbons (Fsp3) is 0.500. The minimum atomic E-state index is 0.126. The van der Waals surface area contributed by atoms with Crippen LogP contribution in [0.4, 0.5) is 0 Å². The highest BCUT2D eigenvalue weighted by atomic mass is 35.5. The molecule has 1 N–H and O–H groups in total. The minimum Gasteiger partial charge on any atom is -0.358 e. The Kier molecular flexibility index (Phi) is 5.65. The zero-order valence-corrected chi connectivity index (χ0v) is 14.7. The summed E-state index contributed by atoms with van der Waals surface area (Å²) >= 11 is 6.17. The number of rotatable bonds is 6. The molecule has 22 heavy (non-hydrogen) atoms. The summed E-state index contributed by atoms with van der Waals surface area (Å²) in [6, 6.07) is 3.64. The fourth-order valence-corrected chi connectivity index (χ4v) is 2.93. The van der Waals surface area contributed by atoms with E-state index in [2.05, 4.69) is 23.7 Å². The number of hydrogen-bond acceptors (Lipinski definition) is 2. The number of nitrogens with zero attached hydrogens (tertiary/aromatic N) is 1. The number of H-pyrrole nitrogens is 1. The maximum absolute atomic E-state index is 12.8. The maximum Gasteiger partial charge on any atom is 0.194 e. The molecule has 0 saturated carbocycles. The topological polar surface area (TPSA) is 36.1 Å². The first-order valence-corrected chi connectivity index (χ1v) is 8.40. The Morgan fingerprint density at radius 3 is 2.59 bits per heavy atom. The predicted molar refractivity (Wildman–Crippen MR) is 94.9 cm³/mol. The van der Waals surface area contributed by atoms with Crippen molar-refractivity contribution in [3.63, 3.8) is 0 Å². The van der Waals surface area contributed by atoms with Crippen molar-refractivity contribution in [2.45, 2.75) is 47.1 Å². The summed E-state index contributed by atoms with van der Waals surface area (Å²) in [7, 11) is 0. The normalized spacial score (nSPS) is 11.5. The monoisotopic (exact) mass is 320 g/mol. The Labute approximate surface area is 137 Å². The molecule has 0 unspecified atom stereocenters. The summed E-state index contributed by atoms with van der Waals surface area (Å²) in [5, 5.41) is 1.42. The lowest BCUT2D eigenvalue weighted by Crippen LogP contribution is -2.28. The van der Waals surface area contributed by atoms with Crippen molar-refractivity contribution in [3.8, 4) is 0 Å². The lowest BCUT2D eigenvalue weighted by atomic mass is 10.1. The second-order valence-electron chi connectivity index (χ2n) is 5.87. The number of fused-ring (bicyclic) bond motifs is 1. The van der Waals surface area contributed by atoms with Crippen LogP contribution in [-0.2, 0) is 6.54 Å². The average Bonchev–Trinajstić information content (AvgIpc) is 2.50. The van der Waals surface area contributed by atoms with Crippen molar-refractivity contribution >= 4 is 22.5 Å². The fourth-order valence-electron chi connectivity index (χ4n) is 2.78. The summed E-state index contributed by atoms with van der Waals surface area (Å²) < 4.78 is 0. The van der Waals surface area contributed by atoms with Crippen LogP contribution in [0.5, 0.6) is 0 Å². The number of aromatic amines is 1. The first-order valence-electron chi connectivity index (χ1n) is 8.02. The first-order chi connectivity index (χ1) is 10.5. The number of halogens is 1. The van der Waals surface area contributed by atoms with Crippen molar-refractivity contribution in [1.29, 1.82) is 0 Å². The molecular weight excluding hydrogens is 296 g/mol. The molecule has 0 aliphatic rings. The van der Waals surface area contributed by atoms with E-state index in [-0.39, 0.29) is 5.43 Å². The summed E-state index contributed by atoms with van der Waals surface area (Å²) in [6.07, 6.45) is 2.33. The number of aromatic nitrogens is 1. The van der Waals surface area contributed by atoms with Crippen LogP contribution in [0.15, 0.2) is 16.9 Å². The average molecular weight is 321 g/mol. The minimum absolute atomic E-state index is 0.126. The lowest BCUT2D eigenvalue weighted by molar-refractivity contribution is 0.274. The van der Waals surface area contributed by atoms with Gasteiger partial charge in [-0.25, -0.2) is 0 Å². The van der Waals surface area contributed by atoms with E-state index in [1.54, 1.807) is 0 Å². The largest absolute Gasteiger partial charge is 0.358 e. The Hall–Kier alpha value is -1.32. The Balaban J connectivity index is 2.47. The van der Waals surface area contributed by atoms with Crippen LogP contribution in [-0.4, -0.2) is 23.0 Å². The second-order valence-corrected chi connectivity index (χ2v) is 6.28. The number of aryl methyl sites for hydroxylation is 2. The first kappa shape index (κ1) is 17.0. The molecule has 3 nitrogen and oxygen atoms in total. The van der Waals surface area contributed by atoms with Crippen LogP contribution in [0.1, 0.15) is 43.5 Å². The predicted octanol–water partition coefficient (Wildman–Crippen LogP) is 4.42. The van der Waals surface area contributed by atoms with Crippen molar-refractivity contribution in [1.82, 2.24) is 9.88 Å². The van der Waals surface area contributed by atoms with E-state index >= 15 is 0 Å². The van der Waals surface area contributed by atoms with E-state index in [0.717, 1.165) is 47.2 Å². The molecule has 0 bridgehead atoms. The molecule has 0 fully saturated rings. The molecule has 2 aromatic rings. The van der Waals surface area contributed by atoms with Gasteiger partial charge in [-0.15, -0.1) is 0 Å². The van der Waals surface area contributed by atoms with Crippen LogP contribution in [0.3, 0.4) is 0 Å². The van der Waals surface area contributed by atoms with Crippen molar-refractivity contribution in [2.75, 3.05) is 13.1 Å². The molecule has 2 rings (SSSR count). The van der Waals surface area contributed by atoms with E-state index in [1.165, 1.54) is 6.42 Å². The molecule has 0 aliphatic heterocycles. The highest BCUT2D eigenvalue weighted by molar-refractivity contribution is 6.32. The summed E-state index contributed by atoms with van der Waals surface area (Å²) in [6.45, 7) is 10.9. The molecular formula is C18H25ClN2O. The number of pyridine rings is 1. The Morgan fingerprint density at radius 1 is 1.23 bits per heavy atom. The van der Waals surface area contributed by atoms with Crippen molar-refractivity contribution < 1.29 is 0 Å². The van der Waals surface area contributed by atoms with Gasteiger partial charge in [-0.05, 0) is 51.1 Å². The standard InChI is InChI=1S/C18H25ClN2O/c1-5-7-10-21(6-2)11-15-13(4)20-17-12(3)16(19)9-8-14(17)18(15)22/h8-9H,5-7,10-11H2,1-4H3,(H,20,22). The Bertz CT molecular complexity index is 721. The smallest absolute Gasteiger partial charge is 0.194 e. The number of hydrogen-bond donors (Lipinski definition) is 1. The second kappa shape index (κ2) is 7.30. The van der Waals surface area contributed by atoms with Gasteiger partial charge in [0.25, 0.3) is 0 Å². The third kappa shape index (κ3) is 3.36. The number of nitrogens with one attached hydrogen (secondary N) is 1. The van der Waals surface area contributed by atoms with Crippen LogP contribution >= 0.6 is 11.6 Å². The number of benzene rings is 1. The van der Waals surface area contributed by atoms with E-state index in [1.807, 2.05) is 26.0 Å². The molecule has 0 amide bonds. The molecule has 1 heterocycles. The molecule has 0 saturated heterocycles. The SMILES string of the molecule is CCCCN(CC)Cc1c(C)[nH]c2c(C)c(Cl)ccc2c1=O. The van der Waals surface area contributed by atoms with E-state index in [4.69, 9.17) is 11.6 Å². The van der Waals surface area contributed by atoms with Crippen molar-refractivity contribution in [2.24, 2.45) is 0 Å². The van der Waals surface area contributed by atoms with Crippen LogP contribution in [0.25, 0.3) is 10.9 Å². The summed E-state index contributed by atoms with van der Waals surface area (Å²) in [5.74, 6) is 0. The van der Waals surface area contributed by atoms with E-state index < -0.39 is 0 Å². The number of unbranched alkanes of at least 4 members (excludes halogenated alkanes) is 1. The quantitative estimate of drug-likeness (QED) is 0.855. The van der Waals surface area contributed by atoms with Gasteiger partial charge in [0, 0.05) is 28.2 Å². The molecule has 1 aromatic heterocycles. The van der Waals surface area contributed by atoms with Crippen molar-refractivity contribution in [3.05, 3.63) is 44.2 Å². The van der Waals surface area contributed by atoms with Gasteiger partial charge in [0.1, 0.15) is 0 Å². The highest BCUT2D eigenvalue weighted by Gasteiger charge is 2.14. The third-order valence-corrected chi connectivity index (χ3v) is 4.75. The van der Waals surface area contributed by atoms with Gasteiger partial charge in [0.05, 0.1) is 5.52 Å². The summed E-state index contributed by atoms with van der Waals surface area (Å²) in [5.41, 5.74) is 3.73. The molecule has 120 valence electrons. The zero-order chi connectivity index (χ0) is 16.3. The van der Waals surface area contributed by atoms with Gasteiger partial charge in [-0.3, -0.25) is 9.69 Å². The maximum atomic E-state index is 12.8. The highest BCUT2D eigenvalue weighted by Crippen LogP contribution is 2.23. The van der Waals surface area contributed by atoms with Gasteiger partial charge in [0.15, 0.2) is 5.43 Å².